The molecular formula is C19H18N2O4S2. The molecule has 0 spiro atoms. The Hall–Kier alpha value is -2.26. The van der Waals surface area contributed by atoms with Crippen LogP contribution in [-0.2, 0) is 14.8 Å². The molecule has 0 atom stereocenters. The third-order valence-electron chi connectivity index (χ3n) is 4.40. The second kappa shape index (κ2) is 7.40. The first kappa shape index (κ1) is 18.1. The summed E-state index contributed by atoms with van der Waals surface area (Å²) in [4.78, 5) is 4.84. The van der Waals surface area contributed by atoms with Gasteiger partial charge < -0.3 is 9.84 Å². The van der Waals surface area contributed by atoms with E-state index >= 15 is 0 Å². The molecule has 3 aromatic rings. The zero-order chi connectivity index (χ0) is 18.9. The van der Waals surface area contributed by atoms with Crippen molar-refractivity contribution in [3.8, 4) is 27.6 Å². The summed E-state index contributed by atoms with van der Waals surface area (Å²) in [6.07, 6.45) is 0. The van der Waals surface area contributed by atoms with Gasteiger partial charge in [0.05, 0.1) is 29.4 Å². The van der Waals surface area contributed by atoms with Crippen molar-refractivity contribution in [1.29, 1.82) is 0 Å². The van der Waals surface area contributed by atoms with Crippen molar-refractivity contribution in [1.82, 2.24) is 9.29 Å². The number of benzene rings is 2. The Morgan fingerprint density at radius 3 is 2.44 bits per heavy atom. The van der Waals surface area contributed by atoms with E-state index in [1.165, 1.54) is 15.6 Å². The third-order valence-corrected chi connectivity index (χ3v) is 7.18. The fourth-order valence-corrected chi connectivity index (χ4v) is 5.19. The number of hydrogen-bond donors (Lipinski definition) is 1. The molecule has 0 radical (unpaired) electrons. The second-order valence-electron chi connectivity index (χ2n) is 6.10. The van der Waals surface area contributed by atoms with Crippen molar-refractivity contribution < 1.29 is 18.3 Å². The Kier molecular flexibility index (Phi) is 4.96. The number of aromatic nitrogens is 1. The highest BCUT2D eigenvalue weighted by Crippen LogP contribution is 2.34. The maximum Gasteiger partial charge on any atom is 0.243 e. The minimum atomic E-state index is -3.50. The first-order valence-electron chi connectivity index (χ1n) is 8.48. The van der Waals surface area contributed by atoms with Crippen LogP contribution in [0.5, 0.6) is 5.75 Å². The Bertz CT molecular complexity index is 1040. The quantitative estimate of drug-likeness (QED) is 0.725. The van der Waals surface area contributed by atoms with Gasteiger partial charge in [0.15, 0.2) is 0 Å². The van der Waals surface area contributed by atoms with E-state index in [0.717, 1.165) is 11.3 Å². The fraction of sp³-hybridized carbons (Fsp3) is 0.211. The van der Waals surface area contributed by atoms with Gasteiger partial charge in [-0.3, -0.25) is 0 Å². The summed E-state index contributed by atoms with van der Waals surface area (Å²) in [6.45, 7) is 1.59. The van der Waals surface area contributed by atoms with Crippen LogP contribution in [0.1, 0.15) is 0 Å². The van der Waals surface area contributed by atoms with Gasteiger partial charge in [0.2, 0.25) is 10.0 Å². The van der Waals surface area contributed by atoms with Gasteiger partial charge in [0, 0.05) is 24.0 Å². The molecule has 0 aliphatic carbocycles. The van der Waals surface area contributed by atoms with Crippen LogP contribution in [0.4, 0.5) is 0 Å². The number of morpholine rings is 1. The SMILES string of the molecule is O=S(=O)(c1ccc(-c2csc(-c3ccccc3O)n2)cc1)N1CCOCC1. The van der Waals surface area contributed by atoms with E-state index in [0.29, 0.717) is 36.9 Å². The molecule has 0 saturated carbocycles. The molecule has 140 valence electrons. The average Bonchev–Trinajstić information content (AvgIpc) is 3.19. The molecule has 0 unspecified atom stereocenters. The lowest BCUT2D eigenvalue weighted by Gasteiger charge is -2.26. The monoisotopic (exact) mass is 402 g/mol. The van der Waals surface area contributed by atoms with Crippen LogP contribution < -0.4 is 0 Å². The molecule has 1 saturated heterocycles. The van der Waals surface area contributed by atoms with E-state index in [4.69, 9.17) is 4.74 Å². The normalized spacial score (nSPS) is 15.7. The summed E-state index contributed by atoms with van der Waals surface area (Å²) >= 11 is 1.43. The number of phenols is 1. The number of ether oxygens (including phenoxy) is 1. The molecular weight excluding hydrogens is 384 g/mol. The molecule has 27 heavy (non-hydrogen) atoms. The van der Waals surface area contributed by atoms with Crippen molar-refractivity contribution in [3.63, 3.8) is 0 Å². The van der Waals surface area contributed by atoms with Crippen LogP contribution >= 0.6 is 11.3 Å². The number of para-hydroxylation sites is 1. The summed E-state index contributed by atoms with van der Waals surface area (Å²) in [5, 5.41) is 12.6. The number of phenolic OH excluding ortho intramolecular Hbond substituents is 1. The van der Waals surface area contributed by atoms with Gasteiger partial charge in [0.1, 0.15) is 10.8 Å². The van der Waals surface area contributed by atoms with E-state index in [2.05, 4.69) is 4.98 Å². The Morgan fingerprint density at radius 1 is 1.04 bits per heavy atom. The molecule has 8 heteroatoms. The predicted molar refractivity (Wildman–Crippen MR) is 104 cm³/mol. The zero-order valence-corrected chi connectivity index (χ0v) is 16.0. The minimum absolute atomic E-state index is 0.186. The highest BCUT2D eigenvalue weighted by molar-refractivity contribution is 7.89. The zero-order valence-electron chi connectivity index (χ0n) is 14.4. The van der Waals surface area contributed by atoms with Crippen molar-refractivity contribution in [2.75, 3.05) is 26.3 Å². The molecule has 6 nitrogen and oxygen atoms in total. The number of sulfonamides is 1. The molecule has 0 amide bonds. The number of hydrogen-bond acceptors (Lipinski definition) is 6. The van der Waals surface area contributed by atoms with Gasteiger partial charge in [-0.15, -0.1) is 11.3 Å². The Morgan fingerprint density at radius 2 is 1.74 bits per heavy atom. The minimum Gasteiger partial charge on any atom is -0.507 e. The van der Waals surface area contributed by atoms with Gasteiger partial charge in [-0.05, 0) is 24.3 Å². The lowest BCUT2D eigenvalue weighted by Crippen LogP contribution is -2.40. The summed E-state index contributed by atoms with van der Waals surface area (Å²) in [7, 11) is -3.50. The van der Waals surface area contributed by atoms with E-state index < -0.39 is 10.0 Å². The summed E-state index contributed by atoms with van der Waals surface area (Å²) in [5.74, 6) is 0.186. The van der Waals surface area contributed by atoms with Crippen LogP contribution in [0.3, 0.4) is 0 Å². The van der Waals surface area contributed by atoms with Gasteiger partial charge >= 0.3 is 0 Å². The largest absolute Gasteiger partial charge is 0.507 e. The summed E-state index contributed by atoms with van der Waals surface area (Å²) in [6, 6.07) is 13.8. The van der Waals surface area contributed by atoms with Gasteiger partial charge in [-0.25, -0.2) is 13.4 Å². The van der Waals surface area contributed by atoms with Crippen LogP contribution in [0.15, 0.2) is 58.8 Å². The molecule has 1 aliphatic heterocycles. The molecule has 2 aromatic carbocycles. The molecule has 1 fully saturated rings. The maximum absolute atomic E-state index is 12.7. The molecule has 2 heterocycles. The average molecular weight is 402 g/mol. The van der Waals surface area contributed by atoms with Crippen LogP contribution in [0.2, 0.25) is 0 Å². The topological polar surface area (TPSA) is 79.7 Å². The first-order valence-corrected chi connectivity index (χ1v) is 10.8. The highest BCUT2D eigenvalue weighted by atomic mass is 32.2. The second-order valence-corrected chi connectivity index (χ2v) is 8.89. The van der Waals surface area contributed by atoms with Crippen molar-refractivity contribution in [3.05, 3.63) is 53.9 Å². The van der Waals surface area contributed by atoms with Crippen LogP contribution in [0, 0.1) is 0 Å². The smallest absolute Gasteiger partial charge is 0.243 e. The third kappa shape index (κ3) is 3.61. The van der Waals surface area contributed by atoms with E-state index in [9.17, 15) is 13.5 Å². The van der Waals surface area contributed by atoms with Crippen LogP contribution in [0.25, 0.3) is 21.8 Å². The van der Waals surface area contributed by atoms with Crippen molar-refractivity contribution >= 4 is 21.4 Å². The molecule has 0 bridgehead atoms. The standard InChI is InChI=1S/C19H18N2O4S2/c22-18-4-2-1-3-16(18)19-20-17(13-26-19)14-5-7-15(8-6-14)27(23,24)21-9-11-25-12-10-21/h1-8,13,22H,9-12H2. The highest BCUT2D eigenvalue weighted by Gasteiger charge is 2.26. The fourth-order valence-electron chi connectivity index (χ4n) is 2.92. The number of thiazole rings is 1. The number of aromatic hydroxyl groups is 1. The lowest BCUT2D eigenvalue weighted by molar-refractivity contribution is 0.0730. The van der Waals surface area contributed by atoms with E-state index in [-0.39, 0.29) is 10.6 Å². The number of rotatable bonds is 4. The molecule has 4 rings (SSSR count). The molecule has 1 aromatic heterocycles. The predicted octanol–water partition coefficient (Wildman–Crippen LogP) is 3.20. The molecule has 1 aliphatic rings. The van der Waals surface area contributed by atoms with E-state index in [1.807, 2.05) is 17.5 Å². The van der Waals surface area contributed by atoms with Gasteiger partial charge in [-0.2, -0.15) is 4.31 Å². The Balaban J connectivity index is 1.59. The van der Waals surface area contributed by atoms with Crippen LogP contribution in [-0.4, -0.2) is 49.1 Å². The van der Waals surface area contributed by atoms with E-state index in [1.54, 1.807) is 36.4 Å². The van der Waals surface area contributed by atoms with Crippen molar-refractivity contribution in [2.24, 2.45) is 0 Å². The number of nitrogens with zero attached hydrogens (tertiary/aromatic N) is 2. The Labute approximate surface area is 161 Å². The first-order chi connectivity index (χ1) is 13.1. The van der Waals surface area contributed by atoms with Crippen molar-refractivity contribution in [2.45, 2.75) is 4.90 Å². The van der Waals surface area contributed by atoms with Gasteiger partial charge in [0.25, 0.3) is 0 Å². The molecule has 1 N–H and O–H groups in total. The van der Waals surface area contributed by atoms with Gasteiger partial charge in [-0.1, -0.05) is 24.3 Å². The lowest BCUT2D eigenvalue weighted by atomic mass is 10.2. The summed E-state index contributed by atoms with van der Waals surface area (Å²) < 4.78 is 32.1. The maximum atomic E-state index is 12.7. The summed E-state index contributed by atoms with van der Waals surface area (Å²) in [5.41, 5.74) is 2.25.